The summed E-state index contributed by atoms with van der Waals surface area (Å²) in [6, 6.07) is 13.5. The van der Waals surface area contributed by atoms with Gasteiger partial charge in [0.05, 0.1) is 29.5 Å². The van der Waals surface area contributed by atoms with Crippen molar-refractivity contribution in [1.82, 2.24) is 20.1 Å². The number of nitrogens with one attached hydrogen (secondary N) is 1. The molecule has 1 heterocycles. The van der Waals surface area contributed by atoms with Gasteiger partial charge >= 0.3 is 6.18 Å². The summed E-state index contributed by atoms with van der Waals surface area (Å²) in [5.74, 6) is -0.317. The van der Waals surface area contributed by atoms with E-state index < -0.39 is 11.7 Å². The van der Waals surface area contributed by atoms with Crippen molar-refractivity contribution < 1.29 is 18.0 Å². The number of hydrogen-bond acceptors (Lipinski definition) is 5. The van der Waals surface area contributed by atoms with Crippen molar-refractivity contribution in [3.05, 3.63) is 59.1 Å². The highest BCUT2D eigenvalue weighted by atomic mass is 35.5. The van der Waals surface area contributed by atoms with Crippen LogP contribution in [0, 0.1) is 11.3 Å². The van der Waals surface area contributed by atoms with Gasteiger partial charge in [-0.25, -0.2) is 0 Å². The van der Waals surface area contributed by atoms with Crippen LogP contribution in [0.25, 0.3) is 17.1 Å². The quantitative estimate of drug-likeness (QED) is 0.403. The highest BCUT2D eigenvalue weighted by Gasteiger charge is 2.35. The molecule has 2 aromatic carbocycles. The Morgan fingerprint density at radius 3 is 2.68 bits per heavy atom. The number of nitrogens with zero attached hydrogens (tertiary/aromatic N) is 4. The fourth-order valence-electron chi connectivity index (χ4n) is 2.74. The molecule has 0 spiro atoms. The third-order valence-electron chi connectivity index (χ3n) is 4.06. The Hall–Kier alpha value is -3.03. The van der Waals surface area contributed by atoms with Gasteiger partial charge in [0, 0.05) is 17.1 Å². The van der Waals surface area contributed by atoms with Crippen LogP contribution in [0.5, 0.6) is 0 Å². The second kappa shape index (κ2) is 9.85. The van der Waals surface area contributed by atoms with Crippen LogP contribution in [-0.2, 0) is 11.0 Å². The number of para-hydroxylation sites is 1. The van der Waals surface area contributed by atoms with Gasteiger partial charge in [0.15, 0.2) is 11.0 Å². The molecular weight excluding hydrogens is 451 g/mol. The number of thioether (sulfide) groups is 1. The van der Waals surface area contributed by atoms with E-state index in [1.807, 2.05) is 6.07 Å². The van der Waals surface area contributed by atoms with E-state index in [1.54, 1.807) is 24.3 Å². The molecule has 0 fully saturated rings. The van der Waals surface area contributed by atoms with Crippen LogP contribution >= 0.6 is 23.4 Å². The molecule has 0 bridgehead atoms. The Kier molecular flexibility index (Phi) is 7.20. The summed E-state index contributed by atoms with van der Waals surface area (Å²) < 4.78 is 42.3. The largest absolute Gasteiger partial charge is 0.418 e. The second-order valence-corrected chi connectivity index (χ2v) is 7.59. The first kappa shape index (κ1) is 22.7. The van der Waals surface area contributed by atoms with Crippen LogP contribution in [0.3, 0.4) is 0 Å². The fourth-order valence-corrected chi connectivity index (χ4v) is 3.71. The molecule has 0 atom stereocenters. The summed E-state index contributed by atoms with van der Waals surface area (Å²) >= 11 is 6.99. The minimum Gasteiger partial charge on any atom is -0.354 e. The Balaban J connectivity index is 2.04. The number of benzene rings is 2. The third-order valence-corrected chi connectivity index (χ3v) is 5.22. The van der Waals surface area contributed by atoms with E-state index in [0.29, 0.717) is 10.6 Å². The van der Waals surface area contributed by atoms with Gasteiger partial charge in [0.1, 0.15) is 0 Å². The zero-order valence-corrected chi connectivity index (χ0v) is 17.4. The van der Waals surface area contributed by atoms with E-state index in [9.17, 15) is 18.0 Å². The number of amides is 1. The van der Waals surface area contributed by atoms with Crippen LogP contribution in [0.2, 0.25) is 5.02 Å². The Morgan fingerprint density at radius 1 is 1.19 bits per heavy atom. The number of aromatic nitrogens is 3. The summed E-state index contributed by atoms with van der Waals surface area (Å²) in [6.45, 7) is 0.188. The summed E-state index contributed by atoms with van der Waals surface area (Å²) in [7, 11) is 0. The van der Waals surface area contributed by atoms with Crippen molar-refractivity contribution in [2.45, 2.75) is 17.8 Å². The van der Waals surface area contributed by atoms with Crippen molar-refractivity contribution in [2.24, 2.45) is 0 Å². The first-order valence-corrected chi connectivity index (χ1v) is 10.3. The maximum Gasteiger partial charge on any atom is 0.418 e. The lowest BCUT2D eigenvalue weighted by molar-refractivity contribution is -0.137. The maximum absolute atomic E-state index is 13.7. The zero-order chi connectivity index (χ0) is 22.4. The standard InChI is InChI=1S/C20H15ClF3N5OS/c21-14-6-3-5-13(11-14)18-27-28-19(31-12-17(30)26-10-4-9-25)29(18)16-8-2-1-7-15(16)20(22,23)24/h1-3,5-8,11H,4,10,12H2,(H,26,30). The summed E-state index contributed by atoms with van der Waals surface area (Å²) in [6.07, 6.45) is -4.45. The molecule has 0 unspecified atom stereocenters. The Labute approximate surface area is 185 Å². The Bertz CT molecular complexity index is 1130. The first-order chi connectivity index (χ1) is 14.8. The molecule has 0 aliphatic rings. The number of carbonyl (C=O) groups is 1. The fraction of sp³-hybridized carbons (Fsp3) is 0.200. The lowest BCUT2D eigenvalue weighted by Crippen LogP contribution is -2.26. The molecule has 0 saturated heterocycles. The smallest absolute Gasteiger partial charge is 0.354 e. The summed E-state index contributed by atoms with van der Waals surface area (Å²) in [4.78, 5) is 12.0. The summed E-state index contributed by atoms with van der Waals surface area (Å²) in [5.41, 5.74) is -0.553. The van der Waals surface area contributed by atoms with E-state index in [2.05, 4.69) is 15.5 Å². The molecule has 6 nitrogen and oxygen atoms in total. The predicted molar refractivity (Wildman–Crippen MR) is 111 cm³/mol. The lowest BCUT2D eigenvalue weighted by Gasteiger charge is -2.16. The molecule has 1 aromatic heterocycles. The van der Waals surface area contributed by atoms with E-state index >= 15 is 0 Å². The number of halogens is 4. The molecule has 160 valence electrons. The van der Waals surface area contributed by atoms with Gasteiger partial charge in [-0.15, -0.1) is 10.2 Å². The third kappa shape index (κ3) is 5.57. The van der Waals surface area contributed by atoms with Crippen molar-refractivity contribution >= 4 is 29.3 Å². The van der Waals surface area contributed by atoms with Crippen LogP contribution in [0.1, 0.15) is 12.0 Å². The Morgan fingerprint density at radius 2 is 1.97 bits per heavy atom. The molecule has 1 N–H and O–H groups in total. The highest BCUT2D eigenvalue weighted by Crippen LogP contribution is 2.37. The molecule has 0 radical (unpaired) electrons. The molecule has 11 heteroatoms. The van der Waals surface area contributed by atoms with E-state index in [4.69, 9.17) is 16.9 Å². The van der Waals surface area contributed by atoms with Crippen LogP contribution in [0.15, 0.2) is 53.7 Å². The molecule has 0 saturated carbocycles. The predicted octanol–water partition coefficient (Wildman–Crippen LogP) is 4.73. The summed E-state index contributed by atoms with van der Waals surface area (Å²) in [5, 5.41) is 19.7. The second-order valence-electron chi connectivity index (χ2n) is 6.21. The van der Waals surface area contributed by atoms with E-state index in [-0.39, 0.29) is 41.3 Å². The number of nitriles is 1. The lowest BCUT2D eigenvalue weighted by atomic mass is 10.1. The normalized spacial score (nSPS) is 11.2. The van der Waals surface area contributed by atoms with Gasteiger partial charge in [-0.3, -0.25) is 9.36 Å². The minimum atomic E-state index is -4.61. The van der Waals surface area contributed by atoms with E-state index in [1.165, 1.54) is 22.8 Å². The number of alkyl halides is 3. The average molecular weight is 466 g/mol. The topological polar surface area (TPSA) is 83.6 Å². The number of carbonyl (C=O) groups excluding carboxylic acids is 1. The highest BCUT2D eigenvalue weighted by molar-refractivity contribution is 7.99. The van der Waals surface area contributed by atoms with Crippen LogP contribution in [0.4, 0.5) is 13.2 Å². The van der Waals surface area contributed by atoms with E-state index in [0.717, 1.165) is 17.8 Å². The van der Waals surface area contributed by atoms with Gasteiger partial charge < -0.3 is 5.32 Å². The van der Waals surface area contributed by atoms with Gasteiger partial charge in [-0.05, 0) is 24.3 Å². The SMILES string of the molecule is N#CCCNC(=O)CSc1nnc(-c2cccc(Cl)c2)n1-c1ccccc1C(F)(F)F. The molecular formula is C20H15ClF3N5OS. The van der Waals surface area contributed by atoms with Gasteiger partial charge in [0.25, 0.3) is 0 Å². The number of hydrogen-bond donors (Lipinski definition) is 1. The molecule has 31 heavy (non-hydrogen) atoms. The first-order valence-electron chi connectivity index (χ1n) is 8.95. The monoisotopic (exact) mass is 465 g/mol. The van der Waals surface area contributed by atoms with Gasteiger partial charge in [0.2, 0.25) is 5.91 Å². The van der Waals surface area contributed by atoms with Crippen molar-refractivity contribution in [3.63, 3.8) is 0 Å². The average Bonchev–Trinajstić information content (AvgIpc) is 3.16. The van der Waals surface area contributed by atoms with Crippen molar-refractivity contribution in [3.8, 4) is 23.1 Å². The molecule has 0 aliphatic carbocycles. The minimum absolute atomic E-state index is 0.104. The molecule has 1 amide bonds. The van der Waals surface area contributed by atoms with Crippen LogP contribution < -0.4 is 5.32 Å². The molecule has 3 rings (SSSR count). The number of rotatable bonds is 7. The molecule has 0 aliphatic heterocycles. The van der Waals surface area contributed by atoms with Gasteiger partial charge in [-0.1, -0.05) is 47.6 Å². The maximum atomic E-state index is 13.7. The van der Waals surface area contributed by atoms with Gasteiger partial charge in [-0.2, -0.15) is 18.4 Å². The zero-order valence-electron chi connectivity index (χ0n) is 15.9. The van der Waals surface area contributed by atoms with Crippen LogP contribution in [-0.4, -0.2) is 33.0 Å². The van der Waals surface area contributed by atoms with Crippen molar-refractivity contribution in [1.29, 1.82) is 5.26 Å². The molecule has 3 aromatic rings. The van der Waals surface area contributed by atoms with Crippen molar-refractivity contribution in [2.75, 3.05) is 12.3 Å².